The standard InChI is InChI=1S/C18H30N2O/c1-5-10-21-17-12-14(19)11-16(13-17)20(4)15-6-8-18(2,3)9-7-15/h11-13,15H,5-10,19H2,1-4H3. The van der Waals surface area contributed by atoms with Crippen LogP contribution in [0.2, 0.25) is 0 Å². The molecule has 0 unspecified atom stereocenters. The van der Waals surface area contributed by atoms with Crippen LogP contribution in [-0.4, -0.2) is 19.7 Å². The molecular weight excluding hydrogens is 260 g/mol. The minimum absolute atomic E-state index is 0.502. The summed E-state index contributed by atoms with van der Waals surface area (Å²) in [5.74, 6) is 0.884. The van der Waals surface area contributed by atoms with Crippen molar-refractivity contribution in [3.05, 3.63) is 18.2 Å². The van der Waals surface area contributed by atoms with Gasteiger partial charge in [-0.05, 0) is 43.6 Å². The zero-order chi connectivity index (χ0) is 15.5. The Balaban J connectivity index is 2.08. The van der Waals surface area contributed by atoms with Crippen molar-refractivity contribution in [2.45, 2.75) is 58.9 Å². The van der Waals surface area contributed by atoms with Gasteiger partial charge in [-0.2, -0.15) is 0 Å². The molecule has 1 aromatic carbocycles. The maximum Gasteiger partial charge on any atom is 0.123 e. The van der Waals surface area contributed by atoms with Gasteiger partial charge in [0.15, 0.2) is 0 Å². The quantitative estimate of drug-likeness (QED) is 0.814. The molecule has 21 heavy (non-hydrogen) atoms. The largest absolute Gasteiger partial charge is 0.493 e. The number of benzene rings is 1. The van der Waals surface area contributed by atoms with Crippen molar-refractivity contribution in [2.24, 2.45) is 5.41 Å². The highest BCUT2D eigenvalue weighted by Crippen LogP contribution is 2.38. The second kappa shape index (κ2) is 6.59. The van der Waals surface area contributed by atoms with E-state index in [1.165, 1.54) is 31.4 Å². The number of hydrogen-bond donors (Lipinski definition) is 1. The first-order chi connectivity index (χ1) is 9.91. The zero-order valence-corrected chi connectivity index (χ0v) is 14.0. The Hall–Kier alpha value is -1.38. The van der Waals surface area contributed by atoms with Gasteiger partial charge in [0.05, 0.1) is 6.61 Å². The molecule has 0 radical (unpaired) electrons. The lowest BCUT2D eigenvalue weighted by atomic mass is 9.75. The molecule has 3 nitrogen and oxygen atoms in total. The highest BCUT2D eigenvalue weighted by molar-refractivity contribution is 5.60. The predicted molar refractivity (Wildman–Crippen MR) is 91.1 cm³/mol. The molecule has 1 aliphatic carbocycles. The number of nitrogens with two attached hydrogens (primary N) is 1. The van der Waals surface area contributed by atoms with Gasteiger partial charge in [-0.3, -0.25) is 0 Å². The first kappa shape index (κ1) is 16.0. The molecule has 0 aromatic heterocycles. The second-order valence-electron chi connectivity index (χ2n) is 7.12. The minimum atomic E-state index is 0.502. The predicted octanol–water partition coefficient (Wildman–Crippen LogP) is 4.46. The van der Waals surface area contributed by atoms with E-state index in [4.69, 9.17) is 10.5 Å². The van der Waals surface area contributed by atoms with Gasteiger partial charge < -0.3 is 15.4 Å². The Morgan fingerprint density at radius 1 is 1.24 bits per heavy atom. The van der Waals surface area contributed by atoms with Crippen LogP contribution in [0.4, 0.5) is 11.4 Å². The summed E-state index contributed by atoms with van der Waals surface area (Å²) in [5, 5.41) is 0. The van der Waals surface area contributed by atoms with E-state index >= 15 is 0 Å². The Morgan fingerprint density at radius 2 is 1.90 bits per heavy atom. The second-order valence-corrected chi connectivity index (χ2v) is 7.12. The van der Waals surface area contributed by atoms with Gasteiger partial charge in [0.1, 0.15) is 5.75 Å². The third-order valence-corrected chi connectivity index (χ3v) is 4.65. The van der Waals surface area contributed by atoms with Gasteiger partial charge in [0, 0.05) is 36.6 Å². The van der Waals surface area contributed by atoms with Crippen LogP contribution >= 0.6 is 0 Å². The SMILES string of the molecule is CCCOc1cc(N)cc(N(C)C2CCC(C)(C)CC2)c1. The van der Waals surface area contributed by atoms with Gasteiger partial charge in [-0.1, -0.05) is 20.8 Å². The van der Waals surface area contributed by atoms with E-state index in [1.807, 2.05) is 6.07 Å². The fourth-order valence-electron chi connectivity index (χ4n) is 3.09. The molecule has 0 spiro atoms. The lowest BCUT2D eigenvalue weighted by Crippen LogP contribution is -2.37. The van der Waals surface area contributed by atoms with Gasteiger partial charge in [-0.15, -0.1) is 0 Å². The minimum Gasteiger partial charge on any atom is -0.493 e. The number of anilines is 2. The van der Waals surface area contributed by atoms with Crippen LogP contribution in [-0.2, 0) is 0 Å². The number of ether oxygens (including phenoxy) is 1. The summed E-state index contributed by atoms with van der Waals surface area (Å²) in [5.41, 5.74) is 8.49. The monoisotopic (exact) mass is 290 g/mol. The third kappa shape index (κ3) is 4.29. The van der Waals surface area contributed by atoms with Crippen LogP contribution in [0.5, 0.6) is 5.75 Å². The van der Waals surface area contributed by atoms with Crippen LogP contribution in [0.3, 0.4) is 0 Å². The summed E-state index contributed by atoms with van der Waals surface area (Å²) in [7, 11) is 2.18. The number of nitrogen functional groups attached to an aromatic ring is 1. The maximum atomic E-state index is 6.03. The summed E-state index contributed by atoms with van der Waals surface area (Å²) < 4.78 is 5.74. The molecule has 1 aliphatic rings. The van der Waals surface area contributed by atoms with Crippen LogP contribution in [0.15, 0.2) is 18.2 Å². The van der Waals surface area contributed by atoms with Crippen molar-refractivity contribution in [1.82, 2.24) is 0 Å². The van der Waals surface area contributed by atoms with E-state index in [1.54, 1.807) is 0 Å². The van der Waals surface area contributed by atoms with Crippen LogP contribution in [0, 0.1) is 5.41 Å². The Bertz CT molecular complexity index is 460. The molecule has 1 aromatic rings. The molecule has 1 saturated carbocycles. The molecule has 2 rings (SSSR count). The average Bonchev–Trinajstić information content (AvgIpc) is 2.44. The fourth-order valence-corrected chi connectivity index (χ4v) is 3.09. The summed E-state index contributed by atoms with van der Waals surface area (Å²) in [6, 6.07) is 6.69. The van der Waals surface area contributed by atoms with Crippen molar-refractivity contribution in [2.75, 3.05) is 24.3 Å². The van der Waals surface area contributed by atoms with E-state index < -0.39 is 0 Å². The van der Waals surface area contributed by atoms with E-state index in [9.17, 15) is 0 Å². The summed E-state index contributed by atoms with van der Waals surface area (Å²) in [4.78, 5) is 2.38. The average molecular weight is 290 g/mol. The summed E-state index contributed by atoms with van der Waals surface area (Å²) in [6.07, 6.45) is 6.11. The number of nitrogens with zero attached hydrogens (tertiary/aromatic N) is 1. The van der Waals surface area contributed by atoms with E-state index in [2.05, 4.69) is 44.9 Å². The summed E-state index contributed by atoms with van der Waals surface area (Å²) >= 11 is 0. The van der Waals surface area contributed by atoms with Crippen molar-refractivity contribution in [3.8, 4) is 5.75 Å². The van der Waals surface area contributed by atoms with Gasteiger partial charge in [0.2, 0.25) is 0 Å². The fraction of sp³-hybridized carbons (Fsp3) is 0.667. The smallest absolute Gasteiger partial charge is 0.123 e. The molecular formula is C18H30N2O. The van der Waals surface area contributed by atoms with Crippen molar-refractivity contribution < 1.29 is 4.74 Å². The number of rotatable bonds is 5. The van der Waals surface area contributed by atoms with Crippen molar-refractivity contribution in [1.29, 1.82) is 0 Å². The Kier molecular flexibility index (Phi) is 5.02. The van der Waals surface area contributed by atoms with Crippen molar-refractivity contribution >= 4 is 11.4 Å². The molecule has 0 bridgehead atoms. The highest BCUT2D eigenvalue weighted by atomic mass is 16.5. The molecule has 0 amide bonds. The number of hydrogen-bond acceptors (Lipinski definition) is 3. The lowest BCUT2D eigenvalue weighted by Gasteiger charge is -2.39. The lowest BCUT2D eigenvalue weighted by molar-refractivity contribution is 0.222. The zero-order valence-electron chi connectivity index (χ0n) is 14.0. The first-order valence-electron chi connectivity index (χ1n) is 8.17. The molecule has 118 valence electrons. The molecule has 3 heteroatoms. The maximum absolute atomic E-state index is 6.03. The molecule has 2 N–H and O–H groups in total. The van der Waals surface area contributed by atoms with E-state index in [0.29, 0.717) is 11.5 Å². The van der Waals surface area contributed by atoms with Gasteiger partial charge in [0.25, 0.3) is 0 Å². The Labute approximate surface area is 129 Å². The third-order valence-electron chi connectivity index (χ3n) is 4.65. The molecule has 0 saturated heterocycles. The Morgan fingerprint density at radius 3 is 2.52 bits per heavy atom. The van der Waals surface area contributed by atoms with E-state index in [0.717, 1.165) is 24.5 Å². The normalized spacial score (nSPS) is 18.5. The van der Waals surface area contributed by atoms with E-state index in [-0.39, 0.29) is 0 Å². The molecule has 0 heterocycles. The van der Waals surface area contributed by atoms with Crippen LogP contribution in [0.1, 0.15) is 52.9 Å². The molecule has 0 atom stereocenters. The van der Waals surface area contributed by atoms with Crippen molar-refractivity contribution in [3.63, 3.8) is 0 Å². The van der Waals surface area contributed by atoms with Gasteiger partial charge >= 0.3 is 0 Å². The summed E-state index contributed by atoms with van der Waals surface area (Å²) in [6.45, 7) is 7.61. The topological polar surface area (TPSA) is 38.5 Å². The molecule has 1 fully saturated rings. The van der Waals surface area contributed by atoms with Crippen LogP contribution in [0.25, 0.3) is 0 Å². The first-order valence-corrected chi connectivity index (χ1v) is 8.17. The highest BCUT2D eigenvalue weighted by Gasteiger charge is 2.29. The van der Waals surface area contributed by atoms with Gasteiger partial charge in [-0.25, -0.2) is 0 Å². The van der Waals surface area contributed by atoms with Crippen LogP contribution < -0.4 is 15.4 Å². The molecule has 0 aliphatic heterocycles.